The molecule has 6 heavy (non-hydrogen) atoms. The Hall–Kier alpha value is 0.210. The lowest BCUT2D eigenvalue weighted by Crippen LogP contribution is -2.09. The van der Waals surface area contributed by atoms with Gasteiger partial charge in [0.05, 0.1) is 0 Å². The number of hydrogen-bond donors (Lipinski definition) is 1. The number of hydrogen-bond acceptors (Lipinski definition) is 1. The maximum atomic E-state index is 11.6. The Morgan fingerprint density at radius 3 is 2.00 bits per heavy atom. The van der Waals surface area contributed by atoms with Crippen LogP contribution in [-0.4, -0.2) is 11.7 Å². The first-order valence-electron chi connectivity index (χ1n) is 1.53. The van der Waals surface area contributed by atoms with Crippen LogP contribution in [0, 0.1) is 0 Å². The Bertz CT molecular complexity index is 38.5. The summed E-state index contributed by atoms with van der Waals surface area (Å²) in [6, 6.07) is 0. The summed E-state index contributed by atoms with van der Waals surface area (Å²) in [6.07, 6.45) is 0. The topological polar surface area (TPSA) is 0 Å². The fraction of sp³-hybridized carbons (Fsp3) is 1.00. The largest absolute Gasteiger partial charge is 0.247 e. The molecule has 0 fully saturated rings. The smallest absolute Gasteiger partial charge is 0.178 e. The molecule has 0 aliphatic heterocycles. The van der Waals surface area contributed by atoms with Gasteiger partial charge in [0.1, 0.15) is 6.67 Å². The highest BCUT2D eigenvalue weighted by molar-refractivity contribution is 7.81. The van der Waals surface area contributed by atoms with E-state index in [-0.39, 0.29) is 0 Å². The fourth-order valence-corrected chi connectivity index (χ4v) is 0. The average molecular weight is 112 g/mol. The first kappa shape index (κ1) is 6.21. The first-order valence-corrected chi connectivity index (χ1v) is 1.98. The molecule has 0 saturated heterocycles. The van der Waals surface area contributed by atoms with Crippen LogP contribution in [-0.2, 0) is 0 Å². The van der Waals surface area contributed by atoms with E-state index in [1.807, 2.05) is 0 Å². The molecule has 38 valence electrons. The van der Waals surface area contributed by atoms with Crippen LogP contribution in [0.4, 0.5) is 8.78 Å². The molecule has 0 saturated carbocycles. The normalized spacial score (nSPS) is 20.0. The summed E-state index contributed by atoms with van der Waals surface area (Å²) in [5.74, 6) is 0. The van der Waals surface area contributed by atoms with Crippen LogP contribution >= 0.6 is 12.6 Å². The van der Waals surface area contributed by atoms with Gasteiger partial charge in [-0.05, 0) is 6.92 Å². The predicted molar refractivity (Wildman–Crippen MR) is 24.5 cm³/mol. The van der Waals surface area contributed by atoms with Crippen molar-refractivity contribution in [1.29, 1.82) is 0 Å². The molecule has 0 heterocycles. The van der Waals surface area contributed by atoms with E-state index >= 15 is 0 Å². The van der Waals surface area contributed by atoms with Crippen LogP contribution < -0.4 is 0 Å². The van der Waals surface area contributed by atoms with Gasteiger partial charge in [-0.2, -0.15) is 0 Å². The summed E-state index contributed by atoms with van der Waals surface area (Å²) in [5, 5.41) is -1.93. The van der Waals surface area contributed by atoms with Crippen molar-refractivity contribution in [2.45, 2.75) is 11.9 Å². The van der Waals surface area contributed by atoms with Gasteiger partial charge in [-0.15, -0.1) is 12.6 Å². The van der Waals surface area contributed by atoms with Crippen molar-refractivity contribution in [3.8, 4) is 0 Å². The third kappa shape index (κ3) is 4.21. The van der Waals surface area contributed by atoms with Crippen molar-refractivity contribution in [3.05, 3.63) is 0 Å². The molecule has 0 radical (unpaired) electrons. The summed E-state index contributed by atoms with van der Waals surface area (Å²) in [7, 11) is 0. The van der Waals surface area contributed by atoms with Crippen LogP contribution in [0.5, 0.6) is 0 Å². The molecule has 1 unspecified atom stereocenters. The van der Waals surface area contributed by atoms with Gasteiger partial charge in [0.25, 0.3) is 0 Å². The molecule has 0 aliphatic rings. The van der Waals surface area contributed by atoms with E-state index < -0.39 is 11.7 Å². The second-order valence-corrected chi connectivity index (χ2v) is 2.21. The zero-order chi connectivity index (χ0) is 5.21. The van der Waals surface area contributed by atoms with Crippen molar-refractivity contribution in [3.63, 3.8) is 0 Å². The Morgan fingerprint density at radius 2 is 2.00 bits per heavy atom. The Labute approximate surface area is 41.0 Å². The third-order valence-electron chi connectivity index (χ3n) is 0.244. The van der Waals surface area contributed by atoms with Crippen LogP contribution in [0.15, 0.2) is 0 Å². The second kappa shape index (κ2) is 1.78. The lowest BCUT2D eigenvalue weighted by Gasteiger charge is -2.03. The van der Waals surface area contributed by atoms with E-state index in [1.54, 1.807) is 0 Å². The molecule has 0 nitrogen and oxygen atoms in total. The maximum Gasteiger partial charge on any atom is 0.178 e. The number of alkyl halides is 2. The standard InChI is InChI=1S/C3H6F2S/c1-3(5,6)2-4/h6H,2H2,1H3. The van der Waals surface area contributed by atoms with Crippen molar-refractivity contribution >= 4 is 12.6 Å². The SMILES string of the molecule is CC(F)(S)CF. The monoisotopic (exact) mass is 112 g/mol. The average Bonchev–Trinajstić information content (AvgIpc) is 1.35. The van der Waals surface area contributed by atoms with E-state index in [1.165, 1.54) is 0 Å². The molecule has 0 aromatic heterocycles. The number of halogens is 2. The maximum absolute atomic E-state index is 11.6. The van der Waals surface area contributed by atoms with Crippen molar-refractivity contribution in [1.82, 2.24) is 0 Å². The van der Waals surface area contributed by atoms with Crippen molar-refractivity contribution in [2.75, 3.05) is 6.67 Å². The molecule has 1 atom stereocenters. The minimum atomic E-state index is -1.93. The van der Waals surface area contributed by atoms with E-state index in [0.717, 1.165) is 6.92 Å². The molecule has 0 aromatic carbocycles. The zero-order valence-corrected chi connectivity index (χ0v) is 4.30. The number of thiol groups is 1. The molecule has 0 aromatic rings. The highest BCUT2D eigenvalue weighted by atomic mass is 32.1. The van der Waals surface area contributed by atoms with Gasteiger partial charge in [-0.1, -0.05) is 0 Å². The molecule has 0 aliphatic carbocycles. The Balaban J connectivity index is 3.17. The van der Waals surface area contributed by atoms with Gasteiger partial charge >= 0.3 is 0 Å². The van der Waals surface area contributed by atoms with E-state index in [0.29, 0.717) is 0 Å². The second-order valence-electron chi connectivity index (χ2n) is 1.28. The lowest BCUT2D eigenvalue weighted by atomic mass is 10.5. The molecule has 0 rings (SSSR count). The highest BCUT2D eigenvalue weighted by Gasteiger charge is 2.14. The van der Waals surface area contributed by atoms with Crippen molar-refractivity contribution < 1.29 is 8.78 Å². The number of rotatable bonds is 1. The van der Waals surface area contributed by atoms with E-state index in [9.17, 15) is 8.78 Å². The predicted octanol–water partition coefficient (Wildman–Crippen LogP) is 1.57. The van der Waals surface area contributed by atoms with Crippen LogP contribution in [0.25, 0.3) is 0 Å². The summed E-state index contributed by atoms with van der Waals surface area (Å²) in [5.41, 5.74) is 0. The lowest BCUT2D eigenvalue weighted by molar-refractivity contribution is 0.248. The first-order chi connectivity index (χ1) is 2.56. The summed E-state index contributed by atoms with van der Waals surface area (Å²) in [6.45, 7) is 0.0340. The molecule has 3 heteroatoms. The Morgan fingerprint density at radius 1 is 1.83 bits per heavy atom. The van der Waals surface area contributed by atoms with E-state index in [4.69, 9.17) is 0 Å². The van der Waals surface area contributed by atoms with Crippen LogP contribution in [0.2, 0.25) is 0 Å². The third-order valence-corrected chi connectivity index (χ3v) is 0.363. The van der Waals surface area contributed by atoms with Gasteiger partial charge in [-0.3, -0.25) is 0 Å². The molecule has 0 N–H and O–H groups in total. The summed E-state index contributed by atoms with van der Waals surface area (Å²) < 4.78 is 22.7. The van der Waals surface area contributed by atoms with E-state index in [2.05, 4.69) is 12.6 Å². The van der Waals surface area contributed by atoms with Crippen LogP contribution in [0.1, 0.15) is 6.92 Å². The molecule has 0 amide bonds. The highest BCUT2D eigenvalue weighted by Crippen LogP contribution is 2.13. The minimum absolute atomic E-state index is 1.03. The van der Waals surface area contributed by atoms with Crippen molar-refractivity contribution in [2.24, 2.45) is 0 Å². The molecular formula is C3H6F2S. The van der Waals surface area contributed by atoms with Gasteiger partial charge in [0.2, 0.25) is 0 Å². The summed E-state index contributed by atoms with van der Waals surface area (Å²) in [4.78, 5) is 0. The Kier molecular flexibility index (Phi) is 1.84. The van der Waals surface area contributed by atoms with Gasteiger partial charge in [0, 0.05) is 0 Å². The zero-order valence-electron chi connectivity index (χ0n) is 3.41. The molecule has 0 spiro atoms. The van der Waals surface area contributed by atoms with Gasteiger partial charge in [-0.25, -0.2) is 8.78 Å². The quantitative estimate of drug-likeness (QED) is 0.489. The van der Waals surface area contributed by atoms with Crippen LogP contribution in [0.3, 0.4) is 0 Å². The summed E-state index contributed by atoms with van der Waals surface area (Å²) >= 11 is 3.21. The van der Waals surface area contributed by atoms with Gasteiger partial charge < -0.3 is 0 Å². The molecular weight excluding hydrogens is 106 g/mol. The fourth-order valence-electron chi connectivity index (χ4n) is 0. The minimum Gasteiger partial charge on any atom is -0.247 e. The van der Waals surface area contributed by atoms with Gasteiger partial charge in [0.15, 0.2) is 5.00 Å². The molecule has 0 bridgehead atoms.